The van der Waals surface area contributed by atoms with Crippen molar-refractivity contribution >= 4 is 69.6 Å². The van der Waals surface area contributed by atoms with Gasteiger partial charge in [0.2, 0.25) is 11.8 Å². The van der Waals surface area contributed by atoms with Gasteiger partial charge in [0.25, 0.3) is 0 Å². The summed E-state index contributed by atoms with van der Waals surface area (Å²) in [6.45, 7) is 10.5. The van der Waals surface area contributed by atoms with E-state index in [1.807, 2.05) is 45.0 Å². The number of carbonyl (C=O) groups excluding carboxylic acids is 4. The van der Waals surface area contributed by atoms with Gasteiger partial charge in [0.15, 0.2) is 22.9 Å². The first kappa shape index (κ1) is 52.2. The highest BCUT2D eigenvalue weighted by molar-refractivity contribution is 6.34. The standard InChI is InChI=1S/C27H38ClN5O3.C22H28ClN5O3/c1-3-4-5-6-7-8-9-10-11-12-19-36-24(35)18-17-23(34)29-22-15-13-21(14-16-22)26-30-27-25(28)20(2)31-33(27)32-26;1-4-6-7-15(5-2)22(30)31-13-12-18(29)24-17-10-8-16(9-11-17)20-25-21-19(23)14(3)26-28(21)27-20/h13-16,31H,3-12,17-19H2,1-2H3,(H,29,34);8-11,15,26H,4-7,12-13H2,1-3H3,(H,24,29). The molecule has 1 atom stereocenters. The molecular weight excluding hydrogens is 896 g/mol. The van der Waals surface area contributed by atoms with Crippen molar-refractivity contribution in [1.29, 1.82) is 0 Å². The Morgan fingerprint density at radius 1 is 0.597 bits per heavy atom. The van der Waals surface area contributed by atoms with E-state index in [4.69, 9.17) is 32.7 Å². The first-order valence-electron chi connectivity index (χ1n) is 23.7. The second-order valence-corrected chi connectivity index (χ2v) is 17.5. The number of rotatable bonds is 26. The Balaban J connectivity index is 0.000000254. The summed E-state index contributed by atoms with van der Waals surface area (Å²) in [5, 5.41) is 21.5. The van der Waals surface area contributed by atoms with E-state index in [0.717, 1.165) is 61.0 Å². The number of nitrogens with one attached hydrogen (secondary N) is 4. The molecule has 0 fully saturated rings. The number of unbranched alkanes of at least 4 members (excludes halogenated alkanes) is 10. The van der Waals surface area contributed by atoms with E-state index in [-0.39, 0.29) is 55.5 Å². The van der Waals surface area contributed by atoms with E-state index < -0.39 is 0 Å². The number of carbonyl (C=O) groups is 4. The van der Waals surface area contributed by atoms with Gasteiger partial charge in [-0.15, -0.1) is 10.2 Å². The minimum Gasteiger partial charge on any atom is -0.466 e. The summed E-state index contributed by atoms with van der Waals surface area (Å²) in [5.41, 5.74) is 5.64. The Kier molecular flexibility index (Phi) is 21.2. The second kappa shape index (κ2) is 27.2. The highest BCUT2D eigenvalue weighted by Gasteiger charge is 2.19. The van der Waals surface area contributed by atoms with Crippen LogP contribution in [0, 0.1) is 19.8 Å². The average molecular weight is 962 g/mol. The number of hydrogen-bond donors (Lipinski definition) is 4. The number of aryl methyl sites for hydroxylation is 2. The number of esters is 2. The minimum atomic E-state index is -0.327. The molecule has 16 nitrogen and oxygen atoms in total. The molecule has 0 saturated heterocycles. The SMILES string of the molecule is CCCCC(CC)C(=O)OCCC(=O)Nc1ccc(-c2nc3c(Cl)c(C)[nH]n3n2)cc1.CCCCCCCCCCCCOC(=O)CCC(=O)Nc1ccc(-c2nc3c(Cl)c(C)[nH]n3n2)cc1. The van der Waals surface area contributed by atoms with Crippen molar-refractivity contribution in [3.63, 3.8) is 0 Å². The van der Waals surface area contributed by atoms with Crippen molar-refractivity contribution in [3.05, 3.63) is 70.0 Å². The van der Waals surface area contributed by atoms with Gasteiger partial charge >= 0.3 is 11.9 Å². The second-order valence-electron chi connectivity index (χ2n) is 16.8. The van der Waals surface area contributed by atoms with Gasteiger partial charge in [0.05, 0.1) is 36.8 Å². The molecule has 0 saturated carbocycles. The van der Waals surface area contributed by atoms with Gasteiger partial charge < -0.3 is 20.1 Å². The van der Waals surface area contributed by atoms with E-state index in [1.165, 1.54) is 60.6 Å². The Bertz CT molecular complexity index is 2490. The fraction of sp³-hybridized carbons (Fsp3) is 0.510. The zero-order valence-electron chi connectivity index (χ0n) is 39.5. The Morgan fingerprint density at radius 3 is 1.52 bits per heavy atom. The lowest BCUT2D eigenvalue weighted by molar-refractivity contribution is -0.149. The molecule has 0 aliphatic rings. The maximum absolute atomic E-state index is 12.2. The molecule has 4 N–H and O–H groups in total. The molecule has 0 aliphatic carbocycles. The van der Waals surface area contributed by atoms with Gasteiger partial charge in [0.1, 0.15) is 16.7 Å². The number of hydrogen-bond acceptors (Lipinski definition) is 10. The topological polar surface area (TPSA) is 203 Å². The zero-order valence-corrected chi connectivity index (χ0v) is 41.0. The van der Waals surface area contributed by atoms with Crippen LogP contribution in [0.25, 0.3) is 34.1 Å². The molecule has 6 aromatic rings. The van der Waals surface area contributed by atoms with E-state index in [0.29, 0.717) is 51.0 Å². The fourth-order valence-electron chi connectivity index (χ4n) is 7.28. The van der Waals surface area contributed by atoms with Gasteiger partial charge in [0, 0.05) is 28.9 Å². The van der Waals surface area contributed by atoms with E-state index in [9.17, 15) is 19.2 Å². The van der Waals surface area contributed by atoms with Gasteiger partial charge in [-0.25, -0.2) is 9.97 Å². The third kappa shape index (κ3) is 16.2. The molecule has 6 rings (SSSR count). The van der Waals surface area contributed by atoms with Crippen LogP contribution in [0.5, 0.6) is 0 Å². The monoisotopic (exact) mass is 960 g/mol. The Hall–Kier alpha value is -5.74. The fourth-order valence-corrected chi connectivity index (χ4v) is 7.61. The van der Waals surface area contributed by atoms with Crippen molar-refractivity contribution in [3.8, 4) is 22.8 Å². The summed E-state index contributed by atoms with van der Waals surface area (Å²) in [7, 11) is 0. The third-order valence-corrected chi connectivity index (χ3v) is 12.2. The highest BCUT2D eigenvalue weighted by Crippen LogP contribution is 2.26. The molecule has 0 spiro atoms. The first-order valence-corrected chi connectivity index (χ1v) is 24.5. The molecule has 1 unspecified atom stereocenters. The maximum atomic E-state index is 12.2. The number of fused-ring (bicyclic) bond motifs is 2. The van der Waals surface area contributed by atoms with Crippen LogP contribution >= 0.6 is 23.2 Å². The van der Waals surface area contributed by atoms with Crippen molar-refractivity contribution in [2.75, 3.05) is 23.8 Å². The van der Waals surface area contributed by atoms with Gasteiger partial charge in [-0.1, -0.05) is 115 Å². The largest absolute Gasteiger partial charge is 0.466 e. The molecule has 67 heavy (non-hydrogen) atoms. The smallest absolute Gasteiger partial charge is 0.308 e. The molecule has 362 valence electrons. The molecule has 2 aromatic carbocycles. The molecule has 18 heteroatoms. The molecule has 4 heterocycles. The van der Waals surface area contributed by atoms with Crippen LogP contribution in [0.15, 0.2) is 48.5 Å². The summed E-state index contributed by atoms with van der Waals surface area (Å²) in [6, 6.07) is 14.4. The number of nitrogens with zero attached hydrogens (tertiary/aromatic N) is 6. The van der Waals surface area contributed by atoms with Gasteiger partial charge in [-0.3, -0.25) is 29.4 Å². The quantitative estimate of drug-likeness (QED) is 0.0299. The summed E-state index contributed by atoms with van der Waals surface area (Å²) in [5.74, 6) is 0.00176. The van der Waals surface area contributed by atoms with Crippen molar-refractivity contribution in [2.24, 2.45) is 5.92 Å². The number of ether oxygens (including phenoxy) is 2. The van der Waals surface area contributed by atoms with Crippen molar-refractivity contribution in [1.82, 2.24) is 39.6 Å². The zero-order chi connectivity index (χ0) is 48.1. The highest BCUT2D eigenvalue weighted by atomic mass is 35.5. The summed E-state index contributed by atoms with van der Waals surface area (Å²) in [6.07, 6.45) is 16.3. The summed E-state index contributed by atoms with van der Waals surface area (Å²) >= 11 is 12.4. The number of halogens is 2. The number of benzene rings is 2. The normalized spacial score (nSPS) is 11.6. The number of amides is 2. The average Bonchev–Trinajstić information content (AvgIpc) is 4.07. The van der Waals surface area contributed by atoms with Crippen LogP contribution in [-0.2, 0) is 28.7 Å². The van der Waals surface area contributed by atoms with E-state index in [2.05, 4.69) is 54.8 Å². The maximum Gasteiger partial charge on any atom is 0.308 e. The number of aromatic amines is 2. The lowest BCUT2D eigenvalue weighted by atomic mass is 10.00. The van der Waals surface area contributed by atoms with E-state index in [1.54, 1.807) is 24.3 Å². The van der Waals surface area contributed by atoms with Crippen LogP contribution in [0.2, 0.25) is 10.0 Å². The Morgan fingerprint density at radius 2 is 1.06 bits per heavy atom. The van der Waals surface area contributed by atoms with Gasteiger partial charge in [-0.05, 0) is 81.6 Å². The molecule has 0 bridgehead atoms. The molecule has 4 aromatic heterocycles. The molecule has 2 amide bonds. The molecular formula is C49H66Cl2N10O6. The van der Waals surface area contributed by atoms with Crippen molar-refractivity contribution in [2.45, 2.75) is 144 Å². The predicted octanol–water partition coefficient (Wildman–Crippen LogP) is 11.6. The van der Waals surface area contributed by atoms with Crippen LogP contribution in [0.3, 0.4) is 0 Å². The number of aromatic nitrogens is 8. The Labute approximate surface area is 402 Å². The third-order valence-electron chi connectivity index (χ3n) is 11.3. The molecule has 0 aliphatic heterocycles. The van der Waals surface area contributed by atoms with Crippen LogP contribution < -0.4 is 10.6 Å². The van der Waals surface area contributed by atoms with Crippen LogP contribution in [-0.4, -0.2) is 76.6 Å². The van der Waals surface area contributed by atoms with Gasteiger partial charge in [-0.2, -0.15) is 9.26 Å². The lowest BCUT2D eigenvalue weighted by Gasteiger charge is -2.13. The minimum absolute atomic E-state index is 0.0759. The van der Waals surface area contributed by atoms with E-state index >= 15 is 0 Å². The van der Waals surface area contributed by atoms with Crippen LogP contribution in [0.4, 0.5) is 11.4 Å². The number of anilines is 2. The predicted molar refractivity (Wildman–Crippen MR) is 263 cm³/mol. The molecule has 0 radical (unpaired) electrons. The van der Waals surface area contributed by atoms with Crippen molar-refractivity contribution < 1.29 is 28.7 Å². The number of H-pyrrole nitrogens is 2. The summed E-state index contributed by atoms with van der Waals surface area (Å²) in [4.78, 5) is 57.3. The van der Waals surface area contributed by atoms with Crippen LogP contribution in [0.1, 0.15) is 141 Å². The summed E-state index contributed by atoms with van der Waals surface area (Å²) < 4.78 is 13.6. The first-order chi connectivity index (χ1) is 32.4. The lowest BCUT2D eigenvalue weighted by Crippen LogP contribution is -2.20.